The summed E-state index contributed by atoms with van der Waals surface area (Å²) in [5.74, 6) is 0. The zero-order chi connectivity index (χ0) is 15.2. The van der Waals surface area contributed by atoms with Crippen LogP contribution in [0.2, 0.25) is 0 Å². The van der Waals surface area contributed by atoms with Gasteiger partial charge in [0, 0.05) is 0 Å². The van der Waals surface area contributed by atoms with Crippen molar-refractivity contribution in [3.8, 4) is 0 Å². The van der Waals surface area contributed by atoms with Gasteiger partial charge in [0.1, 0.15) is 5.60 Å². The molecule has 0 bridgehead atoms. The monoisotopic (exact) mass is 350 g/mol. The van der Waals surface area contributed by atoms with Crippen LogP contribution in [0.1, 0.15) is 48.0 Å². The third-order valence-corrected chi connectivity index (χ3v) is 4.46. The number of hydrogen-bond donors (Lipinski definition) is 2. The van der Waals surface area contributed by atoms with Gasteiger partial charge in [-0.05, 0) is 57.0 Å². The largest absolute Gasteiger partial charge is 0.444 e. The molecule has 0 aromatic heterocycles. The molecule has 6 heteroatoms. The third kappa shape index (κ3) is 8.31. The minimum absolute atomic E-state index is 0.366. The second kappa shape index (κ2) is 7.94. The fourth-order valence-electron chi connectivity index (χ4n) is 0.961. The van der Waals surface area contributed by atoms with Crippen molar-refractivity contribution in [3.05, 3.63) is 9.39 Å². The van der Waals surface area contributed by atoms with Gasteiger partial charge in [0.2, 0.25) is 0 Å². The summed E-state index contributed by atoms with van der Waals surface area (Å²) >= 11 is 4.75. The van der Waals surface area contributed by atoms with Crippen molar-refractivity contribution >= 4 is 38.8 Å². The Kier molecular flexibility index (Phi) is 7.74. The summed E-state index contributed by atoms with van der Waals surface area (Å²) in [6, 6.07) is -0.378. The molecule has 1 atom stereocenters. The average molecular weight is 351 g/mol. The van der Waals surface area contributed by atoms with E-state index in [0.717, 1.165) is 10.2 Å². The molecule has 2 N–H and O–H groups in total. The third-order valence-electron chi connectivity index (χ3n) is 2.19. The number of rotatable bonds is 4. The van der Waals surface area contributed by atoms with Crippen molar-refractivity contribution in [1.82, 2.24) is 5.32 Å². The number of allylic oxidation sites excluding steroid dienone is 1. The first-order valence-electron chi connectivity index (χ1n) is 6.17. The molecule has 4 nitrogen and oxygen atoms in total. The Bertz CT molecular complexity index is 375. The van der Waals surface area contributed by atoms with Gasteiger partial charge in [-0.2, -0.15) is 0 Å². The van der Waals surface area contributed by atoms with Gasteiger partial charge in [0.05, 0.1) is 14.9 Å². The Morgan fingerprint density at radius 2 is 2.00 bits per heavy atom. The van der Waals surface area contributed by atoms with E-state index in [1.165, 1.54) is 17.3 Å². The molecule has 0 spiro atoms. The highest BCUT2D eigenvalue weighted by atomic mass is 79.9. The summed E-state index contributed by atoms with van der Waals surface area (Å²) in [6.45, 7) is 11.3. The molecule has 0 saturated heterocycles. The number of nitrogens with one attached hydrogen (secondary N) is 2. The van der Waals surface area contributed by atoms with Crippen molar-refractivity contribution in [1.29, 1.82) is 5.41 Å². The van der Waals surface area contributed by atoms with Crippen molar-refractivity contribution in [2.45, 2.75) is 59.6 Å². The van der Waals surface area contributed by atoms with E-state index in [2.05, 4.69) is 28.2 Å². The van der Waals surface area contributed by atoms with Crippen LogP contribution in [0.15, 0.2) is 9.39 Å². The van der Waals surface area contributed by atoms with Crippen LogP contribution in [0.25, 0.3) is 0 Å². The van der Waals surface area contributed by atoms with E-state index in [1.54, 1.807) is 27.7 Å². The molecule has 0 heterocycles. The van der Waals surface area contributed by atoms with E-state index in [9.17, 15) is 4.79 Å². The van der Waals surface area contributed by atoms with E-state index in [4.69, 9.17) is 10.1 Å². The van der Waals surface area contributed by atoms with Gasteiger partial charge in [-0.3, -0.25) is 5.41 Å². The molecule has 110 valence electrons. The van der Waals surface area contributed by atoms with Crippen LogP contribution in [-0.4, -0.2) is 22.8 Å². The van der Waals surface area contributed by atoms with Crippen molar-refractivity contribution < 1.29 is 9.53 Å². The molecule has 1 unspecified atom stereocenters. The maximum atomic E-state index is 11.6. The quantitative estimate of drug-likeness (QED) is 0.573. The van der Waals surface area contributed by atoms with Crippen LogP contribution < -0.4 is 5.32 Å². The zero-order valence-corrected chi connectivity index (χ0v) is 14.8. The summed E-state index contributed by atoms with van der Waals surface area (Å²) in [4.78, 5) is 11.6. The van der Waals surface area contributed by atoms with Crippen LogP contribution in [-0.2, 0) is 4.74 Å². The highest BCUT2D eigenvalue weighted by Gasteiger charge is 2.20. The second-order valence-corrected chi connectivity index (χ2v) is 7.61. The van der Waals surface area contributed by atoms with Gasteiger partial charge in [-0.25, -0.2) is 4.79 Å². The lowest BCUT2D eigenvalue weighted by Crippen LogP contribution is -2.40. The van der Waals surface area contributed by atoms with E-state index in [0.29, 0.717) is 5.04 Å². The van der Waals surface area contributed by atoms with E-state index < -0.39 is 11.7 Å². The van der Waals surface area contributed by atoms with Crippen molar-refractivity contribution in [3.63, 3.8) is 0 Å². The summed E-state index contributed by atoms with van der Waals surface area (Å²) in [5.41, 5.74) is 0.650. The van der Waals surface area contributed by atoms with Crippen molar-refractivity contribution in [2.24, 2.45) is 0 Å². The van der Waals surface area contributed by atoms with E-state index in [1.807, 2.05) is 6.92 Å². The normalized spacial score (nSPS) is 14.5. The molecule has 0 radical (unpaired) electrons. The predicted octanol–water partition coefficient (Wildman–Crippen LogP) is 4.65. The molecule has 0 aliphatic heterocycles. The standard InChI is InChI=1S/C13H23BrN2O2S/c1-7-8(2)10(14)19-11(15)9(3)16-12(17)18-13(4,5)6/h9,15H,7H2,1-6H3,(H,16,17). The smallest absolute Gasteiger partial charge is 0.408 e. The number of amides is 1. The highest BCUT2D eigenvalue weighted by molar-refractivity contribution is 9.14. The summed E-state index contributed by atoms with van der Waals surface area (Å²) in [5, 5.41) is 11.0. The van der Waals surface area contributed by atoms with E-state index >= 15 is 0 Å². The summed E-state index contributed by atoms with van der Waals surface area (Å²) < 4.78 is 6.08. The molecule has 1 amide bonds. The van der Waals surface area contributed by atoms with Crippen LogP contribution >= 0.6 is 27.7 Å². The molecule has 0 aliphatic rings. The average Bonchev–Trinajstić information content (AvgIpc) is 2.24. The van der Waals surface area contributed by atoms with Gasteiger partial charge in [-0.1, -0.05) is 24.3 Å². The highest BCUT2D eigenvalue weighted by Crippen LogP contribution is 2.29. The van der Waals surface area contributed by atoms with Crippen LogP contribution in [0.5, 0.6) is 0 Å². The lowest BCUT2D eigenvalue weighted by molar-refractivity contribution is 0.0521. The topological polar surface area (TPSA) is 62.2 Å². The maximum absolute atomic E-state index is 11.6. The number of hydrogen-bond acceptors (Lipinski definition) is 4. The number of thioether (sulfide) groups is 1. The Morgan fingerprint density at radius 1 is 1.47 bits per heavy atom. The Labute approximate surface area is 128 Å². The first-order chi connectivity index (χ1) is 8.56. The van der Waals surface area contributed by atoms with Gasteiger partial charge in [0.15, 0.2) is 0 Å². The first kappa shape index (κ1) is 18.5. The molecule has 19 heavy (non-hydrogen) atoms. The fourth-order valence-corrected chi connectivity index (χ4v) is 2.51. The van der Waals surface area contributed by atoms with Gasteiger partial charge in [0.25, 0.3) is 0 Å². The maximum Gasteiger partial charge on any atom is 0.408 e. The van der Waals surface area contributed by atoms with Crippen LogP contribution in [0.4, 0.5) is 4.79 Å². The summed E-state index contributed by atoms with van der Waals surface area (Å²) in [6.07, 6.45) is 0.423. The molecular formula is C13H23BrN2O2S. The minimum Gasteiger partial charge on any atom is -0.444 e. The van der Waals surface area contributed by atoms with Gasteiger partial charge in [-0.15, -0.1) is 0 Å². The Hall–Kier alpha value is -0.490. The molecule has 0 aromatic rings. The first-order valence-corrected chi connectivity index (χ1v) is 7.78. The number of carbonyl (C=O) groups excluding carboxylic acids is 1. The molecular weight excluding hydrogens is 328 g/mol. The van der Waals surface area contributed by atoms with Crippen LogP contribution in [0.3, 0.4) is 0 Å². The molecule has 0 saturated carbocycles. The SMILES string of the molecule is CCC(C)=C(Br)SC(=N)C(C)NC(=O)OC(C)(C)C. The molecule has 0 aromatic carbocycles. The minimum atomic E-state index is -0.529. The summed E-state index contributed by atoms with van der Waals surface area (Å²) in [7, 11) is 0. The van der Waals surface area contributed by atoms with Gasteiger partial charge < -0.3 is 10.1 Å². The molecule has 0 aliphatic carbocycles. The number of ether oxygens (including phenoxy) is 1. The molecule has 0 rings (SSSR count). The second-order valence-electron chi connectivity index (χ2n) is 5.24. The number of halogens is 1. The zero-order valence-electron chi connectivity index (χ0n) is 12.4. The predicted molar refractivity (Wildman–Crippen MR) is 86.1 cm³/mol. The lowest BCUT2D eigenvalue weighted by atomic mass is 10.2. The number of alkyl carbamates (subject to hydrolysis) is 1. The van der Waals surface area contributed by atoms with Crippen LogP contribution in [0, 0.1) is 5.41 Å². The lowest BCUT2D eigenvalue weighted by Gasteiger charge is -2.22. The van der Waals surface area contributed by atoms with Crippen molar-refractivity contribution in [2.75, 3.05) is 0 Å². The molecule has 0 fully saturated rings. The van der Waals surface area contributed by atoms with E-state index in [-0.39, 0.29) is 6.04 Å². The van der Waals surface area contributed by atoms with Gasteiger partial charge >= 0.3 is 6.09 Å². The Balaban J connectivity index is 4.40. The number of carbonyl (C=O) groups is 1. The fraction of sp³-hybridized carbons (Fsp3) is 0.692. The Morgan fingerprint density at radius 3 is 2.42 bits per heavy atom.